The van der Waals surface area contributed by atoms with E-state index in [1.54, 1.807) is 6.20 Å². The van der Waals surface area contributed by atoms with Crippen LogP contribution in [0.15, 0.2) is 12.3 Å². The first-order chi connectivity index (χ1) is 10.4. The van der Waals surface area contributed by atoms with E-state index in [-0.39, 0.29) is 11.9 Å². The third-order valence-electron chi connectivity index (χ3n) is 4.24. The van der Waals surface area contributed by atoms with Crippen LogP contribution in [0.25, 0.3) is 0 Å². The molecule has 122 valence electrons. The Hall–Kier alpha value is -1.45. The van der Waals surface area contributed by atoms with E-state index in [4.69, 9.17) is 0 Å². The zero-order valence-corrected chi connectivity index (χ0v) is 13.7. The Balaban J connectivity index is 1.85. The molecule has 1 aromatic heterocycles. The molecule has 1 amide bonds. The zero-order valence-electron chi connectivity index (χ0n) is 12.8. The standard InChI is InChI=1S/C13H21N5O3S/c1-15(2)22(20,21)17-9-11-5-6-14-18(11)12(10-17)8-16-7-3-4-13(16)19/h5-6,12H,3-4,7-10H2,1-2H3. The molecular weight excluding hydrogens is 306 g/mol. The molecule has 22 heavy (non-hydrogen) atoms. The van der Waals surface area contributed by atoms with Gasteiger partial charge >= 0.3 is 0 Å². The van der Waals surface area contributed by atoms with Crippen LogP contribution in [0, 0.1) is 0 Å². The maximum Gasteiger partial charge on any atom is 0.281 e. The molecule has 1 saturated heterocycles. The van der Waals surface area contributed by atoms with Crippen molar-refractivity contribution in [3.8, 4) is 0 Å². The topological polar surface area (TPSA) is 78.8 Å². The highest BCUT2D eigenvalue weighted by Gasteiger charge is 2.35. The number of hydrogen-bond acceptors (Lipinski definition) is 4. The normalized spacial score (nSPS) is 23.3. The molecule has 2 aliphatic heterocycles. The quantitative estimate of drug-likeness (QED) is 0.758. The van der Waals surface area contributed by atoms with Gasteiger partial charge in [-0.2, -0.15) is 22.1 Å². The minimum Gasteiger partial charge on any atom is -0.340 e. The van der Waals surface area contributed by atoms with Crippen LogP contribution in [0.2, 0.25) is 0 Å². The molecule has 3 rings (SSSR count). The van der Waals surface area contributed by atoms with Gasteiger partial charge in [0.1, 0.15) is 0 Å². The summed E-state index contributed by atoms with van der Waals surface area (Å²) in [5.41, 5.74) is 0.855. The van der Waals surface area contributed by atoms with E-state index < -0.39 is 10.2 Å². The first kappa shape index (κ1) is 15.4. The van der Waals surface area contributed by atoms with E-state index in [0.29, 0.717) is 26.1 Å². The van der Waals surface area contributed by atoms with E-state index in [1.165, 1.54) is 22.7 Å². The lowest BCUT2D eigenvalue weighted by molar-refractivity contribution is -0.128. The second-order valence-electron chi connectivity index (χ2n) is 5.95. The predicted octanol–water partition coefficient (Wildman–Crippen LogP) is -0.331. The van der Waals surface area contributed by atoms with Crippen molar-refractivity contribution in [3.63, 3.8) is 0 Å². The molecule has 1 atom stereocenters. The SMILES string of the molecule is CN(C)S(=O)(=O)N1Cc2ccnn2C(CN2CCCC2=O)C1. The van der Waals surface area contributed by atoms with Gasteiger partial charge in [-0.05, 0) is 12.5 Å². The number of carbonyl (C=O) groups is 1. The fourth-order valence-electron chi connectivity index (χ4n) is 3.05. The third-order valence-corrected chi connectivity index (χ3v) is 6.09. The summed E-state index contributed by atoms with van der Waals surface area (Å²) < 4.78 is 29.3. The van der Waals surface area contributed by atoms with Crippen molar-refractivity contribution in [1.82, 2.24) is 23.3 Å². The highest BCUT2D eigenvalue weighted by atomic mass is 32.2. The van der Waals surface area contributed by atoms with Crippen LogP contribution in [0.4, 0.5) is 0 Å². The Morgan fingerprint density at radius 2 is 2.18 bits per heavy atom. The summed E-state index contributed by atoms with van der Waals surface area (Å²) >= 11 is 0. The number of aromatic nitrogens is 2. The third kappa shape index (κ3) is 2.64. The van der Waals surface area contributed by atoms with Crippen molar-refractivity contribution >= 4 is 16.1 Å². The van der Waals surface area contributed by atoms with Gasteiger partial charge in [0.05, 0.1) is 18.3 Å². The van der Waals surface area contributed by atoms with Crippen molar-refractivity contribution in [2.24, 2.45) is 0 Å². The van der Waals surface area contributed by atoms with Crippen LogP contribution in [0.3, 0.4) is 0 Å². The number of nitrogens with zero attached hydrogens (tertiary/aromatic N) is 5. The molecule has 0 saturated carbocycles. The molecule has 0 N–H and O–H groups in total. The van der Waals surface area contributed by atoms with Crippen LogP contribution < -0.4 is 0 Å². The van der Waals surface area contributed by atoms with Crippen LogP contribution in [-0.2, 0) is 21.5 Å². The zero-order chi connectivity index (χ0) is 15.9. The summed E-state index contributed by atoms with van der Waals surface area (Å²) in [4.78, 5) is 13.6. The summed E-state index contributed by atoms with van der Waals surface area (Å²) in [5.74, 6) is 0.140. The van der Waals surface area contributed by atoms with Crippen LogP contribution >= 0.6 is 0 Å². The molecule has 0 radical (unpaired) electrons. The van der Waals surface area contributed by atoms with Crippen molar-refractivity contribution in [2.45, 2.75) is 25.4 Å². The predicted molar refractivity (Wildman–Crippen MR) is 80.1 cm³/mol. The molecule has 2 aliphatic rings. The fourth-order valence-corrected chi connectivity index (χ4v) is 4.16. The molecule has 1 aromatic rings. The Labute approximate surface area is 130 Å². The number of likely N-dealkylation sites (tertiary alicyclic amines) is 1. The van der Waals surface area contributed by atoms with Gasteiger partial charge < -0.3 is 4.90 Å². The number of hydrogen-bond donors (Lipinski definition) is 0. The first-order valence-corrected chi connectivity index (χ1v) is 8.77. The Morgan fingerprint density at radius 1 is 1.41 bits per heavy atom. The smallest absolute Gasteiger partial charge is 0.281 e. The highest BCUT2D eigenvalue weighted by Crippen LogP contribution is 2.25. The average Bonchev–Trinajstić information content (AvgIpc) is 3.08. The fraction of sp³-hybridized carbons (Fsp3) is 0.692. The molecule has 1 fully saturated rings. The van der Waals surface area contributed by atoms with Gasteiger partial charge in [0.25, 0.3) is 10.2 Å². The number of rotatable bonds is 4. The van der Waals surface area contributed by atoms with Crippen LogP contribution in [-0.4, -0.2) is 71.3 Å². The number of fused-ring (bicyclic) bond motifs is 1. The molecule has 0 aromatic carbocycles. The van der Waals surface area contributed by atoms with Gasteiger partial charge in [-0.15, -0.1) is 0 Å². The molecular formula is C13H21N5O3S. The number of amides is 1. The summed E-state index contributed by atoms with van der Waals surface area (Å²) in [6.45, 7) is 1.89. The lowest BCUT2D eigenvalue weighted by Crippen LogP contribution is -2.48. The monoisotopic (exact) mass is 327 g/mol. The van der Waals surface area contributed by atoms with Gasteiger partial charge in [-0.3, -0.25) is 9.48 Å². The maximum absolute atomic E-state index is 12.4. The molecule has 3 heterocycles. The highest BCUT2D eigenvalue weighted by molar-refractivity contribution is 7.86. The van der Waals surface area contributed by atoms with Crippen LogP contribution in [0.1, 0.15) is 24.6 Å². The van der Waals surface area contributed by atoms with Gasteiger partial charge in [0.15, 0.2) is 0 Å². The van der Waals surface area contributed by atoms with Gasteiger partial charge in [0.2, 0.25) is 5.91 Å². The summed E-state index contributed by atoms with van der Waals surface area (Å²) in [6, 6.07) is 1.69. The van der Waals surface area contributed by atoms with Crippen molar-refractivity contribution in [1.29, 1.82) is 0 Å². The molecule has 0 spiro atoms. The molecule has 8 nitrogen and oxygen atoms in total. The van der Waals surface area contributed by atoms with E-state index in [9.17, 15) is 13.2 Å². The van der Waals surface area contributed by atoms with Gasteiger partial charge in [-0.25, -0.2) is 0 Å². The van der Waals surface area contributed by atoms with Crippen LogP contribution in [0.5, 0.6) is 0 Å². The van der Waals surface area contributed by atoms with E-state index in [2.05, 4.69) is 5.10 Å². The van der Waals surface area contributed by atoms with Crippen molar-refractivity contribution in [3.05, 3.63) is 18.0 Å². The first-order valence-electron chi connectivity index (χ1n) is 7.37. The Bertz CT molecular complexity index is 669. The lowest BCUT2D eigenvalue weighted by Gasteiger charge is -2.36. The van der Waals surface area contributed by atoms with Gasteiger partial charge in [0, 0.05) is 46.3 Å². The maximum atomic E-state index is 12.4. The van der Waals surface area contributed by atoms with E-state index in [1.807, 2.05) is 15.6 Å². The van der Waals surface area contributed by atoms with Crippen molar-refractivity contribution in [2.75, 3.05) is 33.7 Å². The minimum absolute atomic E-state index is 0.140. The molecule has 9 heteroatoms. The second-order valence-corrected chi connectivity index (χ2v) is 8.09. The average molecular weight is 327 g/mol. The summed E-state index contributed by atoms with van der Waals surface area (Å²) in [6.07, 6.45) is 3.13. The molecule has 0 bridgehead atoms. The minimum atomic E-state index is -3.48. The Kier molecular flexibility index (Phi) is 3.96. The number of carbonyl (C=O) groups excluding carboxylic acids is 1. The molecule has 0 aliphatic carbocycles. The van der Waals surface area contributed by atoms with E-state index in [0.717, 1.165) is 18.7 Å². The summed E-state index contributed by atoms with van der Waals surface area (Å²) in [5, 5.41) is 4.31. The Morgan fingerprint density at radius 3 is 2.82 bits per heavy atom. The molecule has 1 unspecified atom stereocenters. The van der Waals surface area contributed by atoms with Gasteiger partial charge in [-0.1, -0.05) is 0 Å². The van der Waals surface area contributed by atoms with Crippen molar-refractivity contribution < 1.29 is 13.2 Å². The summed E-state index contributed by atoms with van der Waals surface area (Å²) in [7, 11) is -0.422. The largest absolute Gasteiger partial charge is 0.340 e. The lowest BCUT2D eigenvalue weighted by atomic mass is 10.2. The van der Waals surface area contributed by atoms with E-state index >= 15 is 0 Å². The second kappa shape index (κ2) is 5.64.